The van der Waals surface area contributed by atoms with Crippen LogP contribution in [0.15, 0.2) is 5.38 Å². The lowest BCUT2D eigenvalue weighted by atomic mass is 10.1. The van der Waals surface area contributed by atoms with Gasteiger partial charge in [0.25, 0.3) is 0 Å². The van der Waals surface area contributed by atoms with Gasteiger partial charge < -0.3 is 5.73 Å². The van der Waals surface area contributed by atoms with Crippen LogP contribution < -0.4 is 5.73 Å². The van der Waals surface area contributed by atoms with Crippen molar-refractivity contribution in [3.8, 4) is 0 Å². The Labute approximate surface area is 84.2 Å². The maximum absolute atomic E-state index is 5.92. The smallest absolute Gasteiger partial charge is 0.0928 e. The zero-order chi connectivity index (χ0) is 9.68. The fourth-order valence-corrected chi connectivity index (χ4v) is 2.13. The molecule has 1 rings (SSSR count). The van der Waals surface area contributed by atoms with Crippen LogP contribution in [-0.4, -0.2) is 11.0 Å². The molecule has 0 aliphatic rings. The zero-order valence-electron chi connectivity index (χ0n) is 8.42. The highest BCUT2D eigenvalue weighted by molar-refractivity contribution is 7.09. The second-order valence-electron chi connectivity index (χ2n) is 3.47. The molecule has 2 nitrogen and oxygen atoms in total. The maximum Gasteiger partial charge on any atom is 0.0928 e. The first-order valence-electron chi connectivity index (χ1n) is 4.89. The van der Waals surface area contributed by atoms with Crippen LogP contribution in [0.2, 0.25) is 0 Å². The van der Waals surface area contributed by atoms with Crippen LogP contribution in [0.25, 0.3) is 0 Å². The predicted molar refractivity (Wildman–Crippen MR) is 58.1 cm³/mol. The van der Waals surface area contributed by atoms with Crippen LogP contribution in [0.3, 0.4) is 0 Å². The summed E-state index contributed by atoms with van der Waals surface area (Å²) in [4.78, 5) is 4.41. The van der Waals surface area contributed by atoms with Crippen molar-refractivity contribution in [3.63, 3.8) is 0 Å². The number of aryl methyl sites for hydroxylation is 2. The maximum atomic E-state index is 5.92. The van der Waals surface area contributed by atoms with E-state index in [1.807, 2.05) is 6.92 Å². The van der Waals surface area contributed by atoms with Crippen molar-refractivity contribution in [3.05, 3.63) is 16.1 Å². The number of nitrogens with two attached hydrogens (primary N) is 1. The average molecular weight is 198 g/mol. The highest BCUT2D eigenvalue weighted by atomic mass is 32.1. The van der Waals surface area contributed by atoms with E-state index in [0.29, 0.717) is 6.04 Å². The lowest BCUT2D eigenvalue weighted by Gasteiger charge is -2.07. The molecule has 3 heteroatoms. The molecule has 0 amide bonds. The third-order valence-corrected chi connectivity index (χ3v) is 3.08. The SMILES string of the molecule is CCCC(N)CCc1nc(C)cs1. The number of aromatic nitrogens is 1. The van der Waals surface area contributed by atoms with Crippen molar-refractivity contribution in [1.82, 2.24) is 4.98 Å². The fraction of sp³-hybridized carbons (Fsp3) is 0.700. The Morgan fingerprint density at radius 1 is 1.54 bits per heavy atom. The summed E-state index contributed by atoms with van der Waals surface area (Å²) in [7, 11) is 0. The molecule has 13 heavy (non-hydrogen) atoms. The van der Waals surface area contributed by atoms with E-state index in [-0.39, 0.29) is 0 Å². The van der Waals surface area contributed by atoms with Crippen LogP contribution in [-0.2, 0) is 6.42 Å². The Hall–Kier alpha value is -0.410. The first-order chi connectivity index (χ1) is 6.22. The Balaban J connectivity index is 2.26. The van der Waals surface area contributed by atoms with Crippen molar-refractivity contribution in [2.75, 3.05) is 0 Å². The van der Waals surface area contributed by atoms with Gasteiger partial charge in [-0.05, 0) is 19.8 Å². The number of hydrogen-bond acceptors (Lipinski definition) is 3. The number of nitrogens with zero attached hydrogens (tertiary/aromatic N) is 1. The Morgan fingerprint density at radius 3 is 2.85 bits per heavy atom. The summed E-state index contributed by atoms with van der Waals surface area (Å²) >= 11 is 1.74. The van der Waals surface area contributed by atoms with Gasteiger partial charge in [0.2, 0.25) is 0 Å². The van der Waals surface area contributed by atoms with Crippen molar-refractivity contribution in [1.29, 1.82) is 0 Å². The second kappa shape index (κ2) is 5.35. The van der Waals surface area contributed by atoms with Gasteiger partial charge in [-0.3, -0.25) is 0 Å². The predicted octanol–water partition coefficient (Wildman–Crippen LogP) is 2.51. The van der Waals surface area contributed by atoms with Gasteiger partial charge >= 0.3 is 0 Å². The summed E-state index contributed by atoms with van der Waals surface area (Å²) in [5, 5.41) is 3.32. The van der Waals surface area contributed by atoms with Gasteiger partial charge in [-0.25, -0.2) is 4.98 Å². The minimum atomic E-state index is 0.356. The first-order valence-corrected chi connectivity index (χ1v) is 5.77. The molecule has 0 aliphatic carbocycles. The highest BCUT2D eigenvalue weighted by Gasteiger charge is 2.03. The van der Waals surface area contributed by atoms with Crippen molar-refractivity contribution in [2.24, 2.45) is 5.73 Å². The van der Waals surface area contributed by atoms with E-state index in [2.05, 4.69) is 17.3 Å². The molecule has 74 valence electrons. The van der Waals surface area contributed by atoms with Gasteiger partial charge in [-0.2, -0.15) is 0 Å². The van der Waals surface area contributed by atoms with E-state index in [1.54, 1.807) is 11.3 Å². The average Bonchev–Trinajstić information content (AvgIpc) is 2.49. The van der Waals surface area contributed by atoms with Gasteiger partial charge in [0.1, 0.15) is 0 Å². The van der Waals surface area contributed by atoms with Gasteiger partial charge in [-0.1, -0.05) is 13.3 Å². The molecule has 0 aliphatic heterocycles. The monoisotopic (exact) mass is 198 g/mol. The van der Waals surface area contributed by atoms with Crippen LogP contribution in [0, 0.1) is 6.92 Å². The van der Waals surface area contributed by atoms with Crippen molar-refractivity contribution in [2.45, 2.75) is 45.6 Å². The van der Waals surface area contributed by atoms with E-state index in [4.69, 9.17) is 5.73 Å². The molecule has 1 unspecified atom stereocenters. The van der Waals surface area contributed by atoms with Crippen molar-refractivity contribution >= 4 is 11.3 Å². The third-order valence-electron chi connectivity index (χ3n) is 2.06. The van der Waals surface area contributed by atoms with Crippen LogP contribution in [0.1, 0.15) is 36.9 Å². The summed E-state index contributed by atoms with van der Waals surface area (Å²) in [6.45, 7) is 4.21. The molecule has 0 saturated carbocycles. The summed E-state index contributed by atoms with van der Waals surface area (Å²) in [5.74, 6) is 0. The van der Waals surface area contributed by atoms with Gasteiger partial charge in [0.05, 0.1) is 5.01 Å². The number of hydrogen-bond donors (Lipinski definition) is 1. The summed E-state index contributed by atoms with van der Waals surface area (Å²) in [5.41, 5.74) is 7.04. The molecule has 1 atom stereocenters. The van der Waals surface area contributed by atoms with E-state index in [9.17, 15) is 0 Å². The quantitative estimate of drug-likeness (QED) is 0.789. The third kappa shape index (κ3) is 3.87. The topological polar surface area (TPSA) is 38.9 Å². The summed E-state index contributed by atoms with van der Waals surface area (Å²) in [6.07, 6.45) is 4.42. The molecular weight excluding hydrogens is 180 g/mol. The van der Waals surface area contributed by atoms with E-state index < -0.39 is 0 Å². The van der Waals surface area contributed by atoms with E-state index in [1.165, 1.54) is 11.4 Å². The fourth-order valence-electron chi connectivity index (χ4n) is 1.34. The molecule has 1 aromatic rings. The van der Waals surface area contributed by atoms with Gasteiger partial charge in [-0.15, -0.1) is 11.3 Å². The molecule has 1 heterocycles. The molecule has 0 saturated heterocycles. The number of rotatable bonds is 5. The lowest BCUT2D eigenvalue weighted by molar-refractivity contribution is 0.560. The first kappa shape index (κ1) is 10.7. The van der Waals surface area contributed by atoms with Gasteiger partial charge in [0.15, 0.2) is 0 Å². The number of thiazole rings is 1. The Morgan fingerprint density at radius 2 is 2.31 bits per heavy atom. The molecule has 0 fully saturated rings. The highest BCUT2D eigenvalue weighted by Crippen LogP contribution is 2.12. The minimum absolute atomic E-state index is 0.356. The molecule has 2 N–H and O–H groups in total. The van der Waals surface area contributed by atoms with Crippen LogP contribution in [0.4, 0.5) is 0 Å². The molecular formula is C10H18N2S. The normalized spacial score (nSPS) is 13.2. The van der Waals surface area contributed by atoms with E-state index >= 15 is 0 Å². The lowest BCUT2D eigenvalue weighted by Crippen LogP contribution is -2.20. The second-order valence-corrected chi connectivity index (χ2v) is 4.41. The zero-order valence-corrected chi connectivity index (χ0v) is 9.23. The molecule has 1 aromatic heterocycles. The molecule has 0 spiro atoms. The summed E-state index contributed by atoms with van der Waals surface area (Å²) in [6, 6.07) is 0.356. The standard InChI is InChI=1S/C10H18N2S/c1-3-4-9(11)5-6-10-12-8(2)7-13-10/h7,9H,3-6,11H2,1-2H3. The van der Waals surface area contributed by atoms with Gasteiger partial charge in [0, 0.05) is 23.5 Å². The van der Waals surface area contributed by atoms with Crippen molar-refractivity contribution < 1.29 is 0 Å². The Kier molecular flexibility index (Phi) is 4.39. The summed E-state index contributed by atoms with van der Waals surface area (Å²) < 4.78 is 0. The molecule has 0 bridgehead atoms. The van der Waals surface area contributed by atoms with Crippen LogP contribution in [0.5, 0.6) is 0 Å². The Bertz CT molecular complexity index is 245. The molecule has 0 radical (unpaired) electrons. The minimum Gasteiger partial charge on any atom is -0.328 e. The molecule has 0 aromatic carbocycles. The van der Waals surface area contributed by atoms with Crippen LogP contribution >= 0.6 is 11.3 Å². The van der Waals surface area contributed by atoms with E-state index in [0.717, 1.165) is 25.0 Å². The largest absolute Gasteiger partial charge is 0.328 e.